The molecule has 22 heavy (non-hydrogen) atoms. The zero-order chi connectivity index (χ0) is 15.5. The minimum atomic E-state index is 0.0993. The summed E-state index contributed by atoms with van der Waals surface area (Å²) < 4.78 is 12.6. The Hall–Kier alpha value is -1.73. The van der Waals surface area contributed by atoms with Gasteiger partial charge in [0.05, 0.1) is 6.04 Å². The SMILES string of the molecule is COCc1noc([C@H](C)N(C)C[C@H]2CCc3nccn3C2)n1. The fraction of sp³-hybridized carbons (Fsp3) is 0.667. The van der Waals surface area contributed by atoms with E-state index in [4.69, 9.17) is 9.26 Å². The number of rotatable bonds is 6. The monoisotopic (exact) mass is 305 g/mol. The van der Waals surface area contributed by atoms with E-state index >= 15 is 0 Å². The molecule has 7 heteroatoms. The van der Waals surface area contributed by atoms with Crippen LogP contribution in [0.2, 0.25) is 0 Å². The van der Waals surface area contributed by atoms with Crippen molar-refractivity contribution in [1.82, 2.24) is 24.6 Å². The average Bonchev–Trinajstić information content (AvgIpc) is 3.15. The number of aryl methyl sites for hydroxylation is 1. The molecule has 7 nitrogen and oxygen atoms in total. The molecule has 3 heterocycles. The van der Waals surface area contributed by atoms with E-state index in [0.29, 0.717) is 24.2 Å². The number of aromatic nitrogens is 4. The highest BCUT2D eigenvalue weighted by atomic mass is 16.5. The van der Waals surface area contributed by atoms with Crippen molar-refractivity contribution < 1.29 is 9.26 Å². The van der Waals surface area contributed by atoms with Crippen LogP contribution in [0.5, 0.6) is 0 Å². The zero-order valence-corrected chi connectivity index (χ0v) is 13.4. The second kappa shape index (κ2) is 6.58. The van der Waals surface area contributed by atoms with Gasteiger partial charge in [0.25, 0.3) is 0 Å². The first-order chi connectivity index (χ1) is 10.7. The lowest BCUT2D eigenvalue weighted by Gasteiger charge is -2.30. The van der Waals surface area contributed by atoms with Crippen molar-refractivity contribution in [3.63, 3.8) is 0 Å². The predicted molar refractivity (Wildman–Crippen MR) is 80.1 cm³/mol. The summed E-state index contributed by atoms with van der Waals surface area (Å²) in [5.41, 5.74) is 0. The van der Waals surface area contributed by atoms with Gasteiger partial charge >= 0.3 is 0 Å². The quantitative estimate of drug-likeness (QED) is 0.808. The minimum Gasteiger partial charge on any atom is -0.377 e. The highest BCUT2D eigenvalue weighted by Crippen LogP contribution is 2.23. The number of imidazole rings is 1. The Morgan fingerprint density at radius 2 is 2.41 bits per heavy atom. The molecule has 3 rings (SSSR count). The van der Waals surface area contributed by atoms with Gasteiger partial charge in [0.2, 0.25) is 5.89 Å². The van der Waals surface area contributed by atoms with Crippen molar-refractivity contribution in [2.45, 2.75) is 39.0 Å². The Kier molecular flexibility index (Phi) is 4.54. The second-order valence-corrected chi connectivity index (χ2v) is 6.00. The number of hydrogen-bond donors (Lipinski definition) is 0. The van der Waals surface area contributed by atoms with Gasteiger partial charge < -0.3 is 13.8 Å². The van der Waals surface area contributed by atoms with Gasteiger partial charge in [0.15, 0.2) is 5.82 Å². The van der Waals surface area contributed by atoms with Crippen molar-refractivity contribution in [2.24, 2.45) is 5.92 Å². The van der Waals surface area contributed by atoms with Gasteiger partial charge in [-0.05, 0) is 26.3 Å². The molecule has 2 atom stereocenters. The van der Waals surface area contributed by atoms with Crippen LogP contribution in [0.3, 0.4) is 0 Å². The number of fused-ring (bicyclic) bond motifs is 1. The molecule has 0 N–H and O–H groups in total. The largest absolute Gasteiger partial charge is 0.377 e. The Morgan fingerprint density at radius 1 is 1.55 bits per heavy atom. The van der Waals surface area contributed by atoms with Gasteiger partial charge in [0, 0.05) is 39.0 Å². The maximum absolute atomic E-state index is 5.34. The average molecular weight is 305 g/mol. The second-order valence-electron chi connectivity index (χ2n) is 6.00. The third-order valence-electron chi connectivity index (χ3n) is 4.35. The van der Waals surface area contributed by atoms with E-state index in [0.717, 1.165) is 19.5 Å². The lowest BCUT2D eigenvalue weighted by atomic mass is 9.98. The Labute approximate surface area is 130 Å². The molecule has 0 aliphatic carbocycles. The summed E-state index contributed by atoms with van der Waals surface area (Å²) in [5.74, 6) is 3.07. The van der Waals surface area contributed by atoms with Crippen LogP contribution in [0, 0.1) is 5.92 Å². The van der Waals surface area contributed by atoms with Crippen LogP contribution in [0.25, 0.3) is 0 Å². The maximum Gasteiger partial charge on any atom is 0.243 e. The van der Waals surface area contributed by atoms with Crippen LogP contribution < -0.4 is 0 Å². The molecule has 2 aromatic rings. The van der Waals surface area contributed by atoms with E-state index in [1.165, 1.54) is 12.2 Å². The van der Waals surface area contributed by atoms with Gasteiger partial charge in [-0.15, -0.1) is 0 Å². The van der Waals surface area contributed by atoms with Crippen LogP contribution in [-0.4, -0.2) is 45.3 Å². The first-order valence-corrected chi connectivity index (χ1v) is 7.69. The molecule has 0 spiro atoms. The maximum atomic E-state index is 5.34. The van der Waals surface area contributed by atoms with Gasteiger partial charge in [-0.3, -0.25) is 4.90 Å². The molecule has 1 aliphatic heterocycles. The third-order valence-corrected chi connectivity index (χ3v) is 4.35. The predicted octanol–water partition coefficient (Wildman–Crippen LogP) is 1.67. The molecular weight excluding hydrogens is 282 g/mol. The molecule has 0 unspecified atom stereocenters. The number of ether oxygens (including phenoxy) is 1. The molecule has 120 valence electrons. The van der Waals surface area contributed by atoms with Crippen molar-refractivity contribution in [2.75, 3.05) is 20.7 Å². The van der Waals surface area contributed by atoms with E-state index in [1.807, 2.05) is 6.20 Å². The summed E-state index contributed by atoms with van der Waals surface area (Å²) in [6.07, 6.45) is 6.19. The van der Waals surface area contributed by atoms with Crippen molar-refractivity contribution in [1.29, 1.82) is 0 Å². The van der Waals surface area contributed by atoms with Crippen LogP contribution in [0.15, 0.2) is 16.9 Å². The molecule has 0 aromatic carbocycles. The molecule has 0 bridgehead atoms. The van der Waals surface area contributed by atoms with Crippen molar-refractivity contribution in [3.05, 3.63) is 29.9 Å². The van der Waals surface area contributed by atoms with E-state index in [9.17, 15) is 0 Å². The number of methoxy groups -OCH3 is 1. The van der Waals surface area contributed by atoms with Gasteiger partial charge in [-0.25, -0.2) is 4.98 Å². The van der Waals surface area contributed by atoms with E-state index in [2.05, 4.69) is 44.8 Å². The summed E-state index contributed by atoms with van der Waals surface area (Å²) in [4.78, 5) is 11.0. The topological polar surface area (TPSA) is 69.2 Å². The molecule has 0 fully saturated rings. The fourth-order valence-corrected chi connectivity index (χ4v) is 2.96. The van der Waals surface area contributed by atoms with Crippen LogP contribution in [0.1, 0.15) is 36.9 Å². The summed E-state index contributed by atoms with van der Waals surface area (Å²) in [6.45, 7) is 4.51. The Bertz CT molecular complexity index is 609. The van der Waals surface area contributed by atoms with Crippen molar-refractivity contribution in [3.8, 4) is 0 Å². The lowest BCUT2D eigenvalue weighted by Crippen LogP contribution is -2.33. The van der Waals surface area contributed by atoms with Crippen molar-refractivity contribution >= 4 is 0 Å². The minimum absolute atomic E-state index is 0.0993. The number of nitrogens with zero attached hydrogens (tertiary/aromatic N) is 5. The molecule has 0 amide bonds. The first kappa shape index (κ1) is 15.2. The Balaban J connectivity index is 1.58. The Morgan fingerprint density at radius 3 is 3.23 bits per heavy atom. The highest BCUT2D eigenvalue weighted by molar-refractivity contribution is 4.97. The summed E-state index contributed by atoms with van der Waals surface area (Å²) in [7, 11) is 3.73. The molecular formula is C15H23N5O2. The van der Waals surface area contributed by atoms with E-state index in [-0.39, 0.29) is 6.04 Å². The summed E-state index contributed by atoms with van der Waals surface area (Å²) in [6, 6.07) is 0.0993. The highest BCUT2D eigenvalue weighted by Gasteiger charge is 2.24. The van der Waals surface area contributed by atoms with E-state index < -0.39 is 0 Å². The first-order valence-electron chi connectivity index (χ1n) is 7.69. The van der Waals surface area contributed by atoms with Gasteiger partial charge in [-0.2, -0.15) is 4.98 Å². The number of hydrogen-bond acceptors (Lipinski definition) is 6. The smallest absolute Gasteiger partial charge is 0.243 e. The normalized spacial score (nSPS) is 19.4. The molecule has 2 aromatic heterocycles. The molecule has 0 radical (unpaired) electrons. The van der Waals surface area contributed by atoms with Crippen LogP contribution in [-0.2, 0) is 24.3 Å². The summed E-state index contributed by atoms with van der Waals surface area (Å²) >= 11 is 0. The van der Waals surface area contributed by atoms with E-state index in [1.54, 1.807) is 7.11 Å². The molecule has 1 aliphatic rings. The lowest BCUT2D eigenvalue weighted by molar-refractivity contribution is 0.163. The molecule has 0 saturated carbocycles. The van der Waals surface area contributed by atoms with Gasteiger partial charge in [0.1, 0.15) is 12.4 Å². The standard InChI is InChI=1S/C15H23N5O2/c1-11(15-17-13(10-21-3)18-22-15)19(2)8-12-4-5-14-16-6-7-20(14)9-12/h6-7,11-12H,4-5,8-10H2,1-3H3/t11-,12+/m0/s1. The zero-order valence-electron chi connectivity index (χ0n) is 13.4. The fourth-order valence-electron chi connectivity index (χ4n) is 2.96. The molecule has 0 saturated heterocycles. The summed E-state index contributed by atoms with van der Waals surface area (Å²) in [5, 5.41) is 3.93. The third kappa shape index (κ3) is 3.20. The van der Waals surface area contributed by atoms with Crippen LogP contribution in [0.4, 0.5) is 0 Å². The van der Waals surface area contributed by atoms with Crippen LogP contribution >= 0.6 is 0 Å². The van der Waals surface area contributed by atoms with Gasteiger partial charge in [-0.1, -0.05) is 5.16 Å².